The van der Waals surface area contributed by atoms with Gasteiger partial charge < -0.3 is 10.5 Å². The molecule has 1 aromatic heterocycles. The fourth-order valence-corrected chi connectivity index (χ4v) is 1.89. The summed E-state index contributed by atoms with van der Waals surface area (Å²) >= 11 is 11.9. The van der Waals surface area contributed by atoms with Crippen LogP contribution in [0.4, 0.5) is 5.82 Å². The van der Waals surface area contributed by atoms with Gasteiger partial charge in [0.25, 0.3) is 0 Å². The zero-order valence-electron chi connectivity index (χ0n) is 10.5. The summed E-state index contributed by atoms with van der Waals surface area (Å²) in [4.78, 5) is 8.43. The Morgan fingerprint density at radius 2 is 1.89 bits per heavy atom. The number of ether oxygens (including phenoxy) is 1. The van der Waals surface area contributed by atoms with Gasteiger partial charge in [-0.15, -0.1) is 0 Å². The Bertz CT molecular complexity index is 602. The molecule has 1 heterocycles. The predicted octanol–water partition coefficient (Wildman–Crippen LogP) is 4.28. The molecule has 0 amide bonds. The van der Waals surface area contributed by atoms with Crippen LogP contribution in [-0.2, 0) is 0 Å². The number of rotatable bonds is 3. The second kappa shape index (κ2) is 5.63. The third-order valence-electron chi connectivity index (χ3n) is 2.36. The molecule has 2 N–H and O–H groups in total. The summed E-state index contributed by atoms with van der Waals surface area (Å²) in [5.41, 5.74) is 5.73. The monoisotopic (exact) mass is 297 g/mol. The van der Waals surface area contributed by atoms with Crippen molar-refractivity contribution < 1.29 is 4.74 Å². The molecular formula is C13H13Cl2N3O. The van der Waals surface area contributed by atoms with Crippen molar-refractivity contribution in [3.8, 4) is 11.6 Å². The molecule has 0 unspecified atom stereocenters. The Hall–Kier alpha value is -1.52. The summed E-state index contributed by atoms with van der Waals surface area (Å²) < 4.78 is 5.61. The average Bonchev–Trinajstić information content (AvgIpc) is 2.32. The second-order valence-electron chi connectivity index (χ2n) is 4.32. The van der Waals surface area contributed by atoms with E-state index in [4.69, 9.17) is 33.7 Å². The number of nitrogen functional groups attached to an aromatic ring is 1. The van der Waals surface area contributed by atoms with Gasteiger partial charge in [-0.05, 0) is 18.2 Å². The summed E-state index contributed by atoms with van der Waals surface area (Å²) in [6, 6.07) is 6.53. The van der Waals surface area contributed by atoms with Crippen LogP contribution in [0.3, 0.4) is 0 Å². The molecular weight excluding hydrogens is 285 g/mol. The molecule has 0 atom stereocenters. The van der Waals surface area contributed by atoms with E-state index in [1.54, 1.807) is 24.3 Å². The molecule has 4 nitrogen and oxygen atoms in total. The van der Waals surface area contributed by atoms with Crippen molar-refractivity contribution in [1.29, 1.82) is 0 Å². The van der Waals surface area contributed by atoms with Gasteiger partial charge in [0.1, 0.15) is 17.4 Å². The Labute approximate surface area is 121 Å². The lowest BCUT2D eigenvalue weighted by Crippen LogP contribution is -2.03. The number of halogens is 2. The normalized spacial score (nSPS) is 10.8. The fourth-order valence-electron chi connectivity index (χ4n) is 1.44. The fraction of sp³-hybridized carbons (Fsp3) is 0.231. The first kappa shape index (κ1) is 13.9. The quantitative estimate of drug-likeness (QED) is 0.918. The third-order valence-corrected chi connectivity index (χ3v) is 2.90. The SMILES string of the molecule is CC(C)c1nc(N)cc(Oc2ccc(Cl)cc2Cl)n1. The molecule has 0 spiro atoms. The zero-order chi connectivity index (χ0) is 14.0. The van der Waals surface area contributed by atoms with Gasteiger partial charge in [-0.25, -0.2) is 4.98 Å². The highest BCUT2D eigenvalue weighted by Gasteiger charge is 2.10. The van der Waals surface area contributed by atoms with Gasteiger partial charge in [0.05, 0.1) is 5.02 Å². The molecule has 19 heavy (non-hydrogen) atoms. The minimum atomic E-state index is 0.159. The molecule has 0 saturated heterocycles. The molecule has 0 radical (unpaired) electrons. The smallest absolute Gasteiger partial charge is 0.224 e. The van der Waals surface area contributed by atoms with E-state index in [9.17, 15) is 0 Å². The first-order valence-electron chi connectivity index (χ1n) is 5.73. The summed E-state index contributed by atoms with van der Waals surface area (Å²) in [5, 5.41) is 0.957. The molecule has 2 aromatic rings. The lowest BCUT2D eigenvalue weighted by Gasteiger charge is -2.10. The number of hydrogen-bond acceptors (Lipinski definition) is 4. The van der Waals surface area contributed by atoms with E-state index in [1.165, 1.54) is 0 Å². The van der Waals surface area contributed by atoms with Crippen molar-refractivity contribution in [3.63, 3.8) is 0 Å². The van der Waals surface area contributed by atoms with Crippen LogP contribution in [0.2, 0.25) is 10.0 Å². The van der Waals surface area contributed by atoms with E-state index in [1.807, 2.05) is 13.8 Å². The standard InChI is InChI=1S/C13H13Cl2N3O/c1-7(2)13-17-11(16)6-12(18-13)19-10-4-3-8(14)5-9(10)15/h3-7H,1-2H3,(H2,16,17,18). The molecule has 6 heteroatoms. The van der Waals surface area contributed by atoms with E-state index in [2.05, 4.69) is 9.97 Å². The molecule has 0 aliphatic heterocycles. The molecule has 0 aliphatic carbocycles. The minimum Gasteiger partial charge on any atom is -0.437 e. The van der Waals surface area contributed by atoms with Crippen LogP contribution in [0.25, 0.3) is 0 Å². The van der Waals surface area contributed by atoms with Crippen molar-refractivity contribution in [1.82, 2.24) is 9.97 Å². The first-order chi connectivity index (χ1) is 8.95. The van der Waals surface area contributed by atoms with Crippen LogP contribution < -0.4 is 10.5 Å². The van der Waals surface area contributed by atoms with Crippen molar-refractivity contribution in [2.24, 2.45) is 0 Å². The maximum atomic E-state index is 6.04. The second-order valence-corrected chi connectivity index (χ2v) is 5.16. The molecule has 1 aromatic carbocycles. The van der Waals surface area contributed by atoms with Gasteiger partial charge >= 0.3 is 0 Å². The maximum absolute atomic E-state index is 6.04. The minimum absolute atomic E-state index is 0.159. The summed E-state index contributed by atoms with van der Waals surface area (Å²) in [6.07, 6.45) is 0. The van der Waals surface area contributed by atoms with Crippen LogP contribution in [0.15, 0.2) is 24.3 Å². The first-order valence-corrected chi connectivity index (χ1v) is 6.48. The van der Waals surface area contributed by atoms with Crippen LogP contribution in [-0.4, -0.2) is 9.97 Å². The number of nitrogens with two attached hydrogens (primary N) is 1. The van der Waals surface area contributed by atoms with Crippen LogP contribution in [0, 0.1) is 0 Å². The lowest BCUT2D eigenvalue weighted by atomic mass is 10.2. The van der Waals surface area contributed by atoms with Crippen LogP contribution >= 0.6 is 23.2 Å². The van der Waals surface area contributed by atoms with Gasteiger partial charge in [-0.1, -0.05) is 37.0 Å². The Morgan fingerprint density at radius 3 is 2.53 bits per heavy atom. The largest absolute Gasteiger partial charge is 0.437 e. The lowest BCUT2D eigenvalue weighted by molar-refractivity contribution is 0.457. The topological polar surface area (TPSA) is 61.0 Å². The third kappa shape index (κ3) is 3.49. The Morgan fingerprint density at radius 1 is 1.16 bits per heavy atom. The van der Waals surface area contributed by atoms with Crippen molar-refractivity contribution in [2.75, 3.05) is 5.73 Å². The predicted molar refractivity (Wildman–Crippen MR) is 77.1 cm³/mol. The van der Waals surface area contributed by atoms with Gasteiger partial charge in [0.2, 0.25) is 5.88 Å². The molecule has 0 aliphatic rings. The maximum Gasteiger partial charge on any atom is 0.224 e. The highest BCUT2D eigenvalue weighted by atomic mass is 35.5. The zero-order valence-corrected chi connectivity index (χ0v) is 12.0. The number of nitrogens with zero attached hydrogens (tertiary/aromatic N) is 2. The molecule has 2 rings (SSSR count). The average molecular weight is 298 g/mol. The summed E-state index contributed by atoms with van der Waals surface area (Å²) in [5.74, 6) is 1.98. The molecule has 0 bridgehead atoms. The van der Waals surface area contributed by atoms with Crippen molar-refractivity contribution >= 4 is 29.0 Å². The number of hydrogen-bond donors (Lipinski definition) is 1. The van der Waals surface area contributed by atoms with Crippen LogP contribution in [0.1, 0.15) is 25.6 Å². The van der Waals surface area contributed by atoms with Gasteiger partial charge in [-0.3, -0.25) is 0 Å². The Balaban J connectivity index is 2.32. The summed E-state index contributed by atoms with van der Waals surface area (Å²) in [7, 11) is 0. The molecule has 100 valence electrons. The van der Waals surface area contributed by atoms with E-state index in [0.717, 1.165) is 0 Å². The van der Waals surface area contributed by atoms with E-state index in [0.29, 0.717) is 33.3 Å². The van der Waals surface area contributed by atoms with Crippen LogP contribution in [0.5, 0.6) is 11.6 Å². The molecule has 0 saturated carbocycles. The highest BCUT2D eigenvalue weighted by Crippen LogP contribution is 2.31. The summed E-state index contributed by atoms with van der Waals surface area (Å²) in [6.45, 7) is 3.96. The van der Waals surface area contributed by atoms with E-state index >= 15 is 0 Å². The Kier molecular flexibility index (Phi) is 4.12. The number of benzene rings is 1. The number of anilines is 1. The van der Waals surface area contributed by atoms with Gasteiger partial charge in [-0.2, -0.15) is 4.98 Å². The van der Waals surface area contributed by atoms with E-state index < -0.39 is 0 Å². The van der Waals surface area contributed by atoms with E-state index in [-0.39, 0.29) is 5.92 Å². The highest BCUT2D eigenvalue weighted by molar-refractivity contribution is 6.35. The van der Waals surface area contributed by atoms with Gasteiger partial charge in [0.15, 0.2) is 0 Å². The molecule has 0 fully saturated rings. The van der Waals surface area contributed by atoms with Crippen molar-refractivity contribution in [3.05, 3.63) is 40.1 Å². The van der Waals surface area contributed by atoms with Gasteiger partial charge in [0, 0.05) is 17.0 Å². The number of aromatic nitrogens is 2. The van der Waals surface area contributed by atoms with Crippen molar-refractivity contribution in [2.45, 2.75) is 19.8 Å².